The van der Waals surface area contributed by atoms with Crippen LogP contribution in [0, 0.1) is 10.8 Å². The van der Waals surface area contributed by atoms with Gasteiger partial charge in [0.2, 0.25) is 0 Å². The number of rotatable bonds is 11. The van der Waals surface area contributed by atoms with Crippen molar-refractivity contribution in [3.63, 3.8) is 0 Å². The van der Waals surface area contributed by atoms with Crippen LogP contribution >= 0.6 is 0 Å². The fourth-order valence-corrected chi connectivity index (χ4v) is 2.26. The van der Waals surface area contributed by atoms with Crippen molar-refractivity contribution in [2.24, 2.45) is 0 Å². The van der Waals surface area contributed by atoms with Crippen molar-refractivity contribution in [3.05, 3.63) is 35.9 Å². The van der Waals surface area contributed by atoms with Crippen molar-refractivity contribution >= 4 is 11.9 Å². The van der Waals surface area contributed by atoms with Crippen LogP contribution in [-0.2, 0) is 6.42 Å². The van der Waals surface area contributed by atoms with Crippen LogP contribution in [0.2, 0.25) is 0 Å². The van der Waals surface area contributed by atoms with Crippen molar-refractivity contribution < 1.29 is 0 Å². The summed E-state index contributed by atoms with van der Waals surface area (Å²) in [5, 5.41) is 18.9. The van der Waals surface area contributed by atoms with Crippen LogP contribution in [0.4, 0.5) is 0 Å². The number of hydrogen-bond donors (Lipinski definition) is 3. The van der Waals surface area contributed by atoms with E-state index in [1.54, 1.807) is 0 Å². The fourth-order valence-electron chi connectivity index (χ4n) is 2.26. The first-order valence-corrected chi connectivity index (χ1v) is 7.58. The lowest BCUT2D eigenvalue weighted by atomic mass is 9.99. The fraction of sp³-hybridized carbons (Fsp3) is 0.529. The van der Waals surface area contributed by atoms with Crippen LogP contribution in [0.3, 0.4) is 0 Å². The standard InChI is InChI=1S/C17H27N3/c1-2-3-12-20-17(10-7-11-18)14-16(19)13-15-8-5-4-6-9-15/h4-6,8-9,11,17-20H,2-3,7,10,12-14H2,1H3. The van der Waals surface area contributed by atoms with Gasteiger partial charge in [-0.2, -0.15) is 0 Å². The summed E-state index contributed by atoms with van der Waals surface area (Å²) in [4.78, 5) is 0. The number of hydrogen-bond acceptors (Lipinski definition) is 3. The zero-order valence-corrected chi connectivity index (χ0v) is 12.5. The first kappa shape index (κ1) is 16.6. The first-order valence-electron chi connectivity index (χ1n) is 7.58. The summed E-state index contributed by atoms with van der Waals surface area (Å²) in [6, 6.07) is 10.5. The van der Waals surface area contributed by atoms with Gasteiger partial charge in [0.25, 0.3) is 0 Å². The summed E-state index contributed by atoms with van der Waals surface area (Å²) in [5.74, 6) is 0. The van der Waals surface area contributed by atoms with E-state index >= 15 is 0 Å². The van der Waals surface area contributed by atoms with Crippen LogP contribution in [0.15, 0.2) is 30.3 Å². The Labute approximate surface area is 122 Å². The van der Waals surface area contributed by atoms with Gasteiger partial charge in [0.15, 0.2) is 0 Å². The molecule has 1 aromatic rings. The maximum absolute atomic E-state index is 8.18. The molecule has 0 aliphatic rings. The molecule has 0 saturated heterocycles. The Hall–Kier alpha value is -1.48. The smallest absolute Gasteiger partial charge is 0.0148 e. The van der Waals surface area contributed by atoms with E-state index in [0.717, 1.165) is 37.9 Å². The van der Waals surface area contributed by atoms with Gasteiger partial charge in [-0.15, -0.1) is 0 Å². The molecule has 3 heteroatoms. The highest BCUT2D eigenvalue weighted by molar-refractivity contribution is 5.84. The third-order valence-corrected chi connectivity index (χ3v) is 3.38. The van der Waals surface area contributed by atoms with Gasteiger partial charge in [-0.1, -0.05) is 43.7 Å². The molecule has 0 amide bonds. The van der Waals surface area contributed by atoms with Gasteiger partial charge >= 0.3 is 0 Å². The van der Waals surface area contributed by atoms with Crippen molar-refractivity contribution in [1.29, 1.82) is 10.8 Å². The molecule has 1 aromatic carbocycles. The minimum absolute atomic E-state index is 0.333. The Morgan fingerprint density at radius 1 is 1.30 bits per heavy atom. The largest absolute Gasteiger partial charge is 0.314 e. The van der Waals surface area contributed by atoms with E-state index in [1.807, 2.05) is 18.2 Å². The van der Waals surface area contributed by atoms with Crippen molar-refractivity contribution in [2.75, 3.05) is 6.54 Å². The Kier molecular flexibility index (Phi) is 8.56. The second-order valence-electron chi connectivity index (χ2n) is 5.26. The molecular weight excluding hydrogens is 246 g/mol. The molecule has 1 unspecified atom stereocenters. The average Bonchev–Trinajstić information content (AvgIpc) is 2.45. The molecule has 3 N–H and O–H groups in total. The van der Waals surface area contributed by atoms with Crippen molar-refractivity contribution in [1.82, 2.24) is 5.32 Å². The second-order valence-corrected chi connectivity index (χ2v) is 5.26. The van der Waals surface area contributed by atoms with Crippen LogP contribution in [-0.4, -0.2) is 24.5 Å². The van der Waals surface area contributed by atoms with Gasteiger partial charge in [-0.3, -0.25) is 0 Å². The van der Waals surface area contributed by atoms with Gasteiger partial charge in [0.1, 0.15) is 0 Å². The number of nitrogens with one attached hydrogen (secondary N) is 3. The van der Waals surface area contributed by atoms with Gasteiger partial charge in [0, 0.05) is 24.6 Å². The molecule has 0 aliphatic heterocycles. The Balaban J connectivity index is 2.41. The normalized spacial score (nSPS) is 12.1. The zero-order chi connectivity index (χ0) is 14.6. The SMILES string of the molecule is CCCCNC(CCC=N)CC(=N)Cc1ccccc1. The highest BCUT2D eigenvalue weighted by Crippen LogP contribution is 2.07. The summed E-state index contributed by atoms with van der Waals surface area (Å²) in [6.07, 6.45) is 7.09. The molecule has 0 spiro atoms. The molecule has 1 rings (SSSR count). The van der Waals surface area contributed by atoms with Crippen LogP contribution in [0.25, 0.3) is 0 Å². The molecule has 0 aromatic heterocycles. The highest BCUT2D eigenvalue weighted by Gasteiger charge is 2.10. The zero-order valence-electron chi connectivity index (χ0n) is 12.5. The molecule has 0 heterocycles. The van der Waals surface area contributed by atoms with Crippen LogP contribution in [0.1, 0.15) is 44.6 Å². The molecule has 3 nitrogen and oxygen atoms in total. The van der Waals surface area contributed by atoms with E-state index in [9.17, 15) is 0 Å². The molecule has 20 heavy (non-hydrogen) atoms. The van der Waals surface area contributed by atoms with Crippen LogP contribution in [0.5, 0.6) is 0 Å². The Morgan fingerprint density at radius 3 is 2.70 bits per heavy atom. The monoisotopic (exact) mass is 273 g/mol. The van der Waals surface area contributed by atoms with E-state index in [4.69, 9.17) is 10.8 Å². The van der Waals surface area contributed by atoms with Gasteiger partial charge in [0.05, 0.1) is 0 Å². The lowest BCUT2D eigenvalue weighted by molar-refractivity contribution is 0.490. The van der Waals surface area contributed by atoms with E-state index in [1.165, 1.54) is 24.6 Å². The maximum atomic E-state index is 8.18. The minimum atomic E-state index is 0.333. The summed E-state index contributed by atoms with van der Waals surface area (Å²) in [7, 11) is 0. The summed E-state index contributed by atoms with van der Waals surface area (Å²) in [6.45, 7) is 3.20. The van der Waals surface area contributed by atoms with E-state index in [-0.39, 0.29) is 0 Å². The second kappa shape index (κ2) is 10.3. The molecule has 0 bridgehead atoms. The van der Waals surface area contributed by atoms with Crippen LogP contribution < -0.4 is 5.32 Å². The van der Waals surface area contributed by atoms with Gasteiger partial charge in [-0.25, -0.2) is 0 Å². The Bertz CT molecular complexity index is 386. The highest BCUT2D eigenvalue weighted by atomic mass is 14.9. The lowest BCUT2D eigenvalue weighted by Crippen LogP contribution is -2.32. The minimum Gasteiger partial charge on any atom is -0.314 e. The molecule has 0 radical (unpaired) electrons. The molecular formula is C17H27N3. The number of benzene rings is 1. The third kappa shape index (κ3) is 7.19. The lowest BCUT2D eigenvalue weighted by Gasteiger charge is -2.18. The molecule has 0 saturated carbocycles. The van der Waals surface area contributed by atoms with E-state index in [0.29, 0.717) is 6.04 Å². The van der Waals surface area contributed by atoms with Crippen molar-refractivity contribution in [3.8, 4) is 0 Å². The number of unbranched alkanes of at least 4 members (excludes halogenated alkanes) is 1. The van der Waals surface area contributed by atoms with E-state index < -0.39 is 0 Å². The predicted octanol–water partition coefficient (Wildman–Crippen LogP) is 3.83. The van der Waals surface area contributed by atoms with Crippen molar-refractivity contribution in [2.45, 2.75) is 51.5 Å². The topological polar surface area (TPSA) is 59.7 Å². The summed E-state index contributed by atoms with van der Waals surface area (Å²) < 4.78 is 0. The average molecular weight is 273 g/mol. The molecule has 0 aliphatic carbocycles. The predicted molar refractivity (Wildman–Crippen MR) is 87.2 cm³/mol. The molecule has 110 valence electrons. The third-order valence-electron chi connectivity index (χ3n) is 3.38. The first-order chi connectivity index (χ1) is 9.76. The maximum Gasteiger partial charge on any atom is 0.0148 e. The molecule has 0 fully saturated rings. The van der Waals surface area contributed by atoms with E-state index in [2.05, 4.69) is 24.4 Å². The summed E-state index contributed by atoms with van der Waals surface area (Å²) >= 11 is 0. The van der Waals surface area contributed by atoms with Gasteiger partial charge < -0.3 is 16.1 Å². The quantitative estimate of drug-likeness (QED) is 0.416. The Morgan fingerprint density at radius 2 is 2.05 bits per heavy atom. The molecule has 1 atom stereocenters. The summed E-state index contributed by atoms with van der Waals surface area (Å²) in [5.41, 5.74) is 1.98. The van der Waals surface area contributed by atoms with Gasteiger partial charge in [-0.05, 0) is 37.6 Å².